The van der Waals surface area contributed by atoms with E-state index in [1.165, 1.54) is 5.56 Å². The Bertz CT molecular complexity index is 728. The van der Waals surface area contributed by atoms with Gasteiger partial charge in [-0.25, -0.2) is 0 Å². The van der Waals surface area contributed by atoms with Crippen molar-refractivity contribution in [3.63, 3.8) is 0 Å². The van der Waals surface area contributed by atoms with Gasteiger partial charge >= 0.3 is 0 Å². The Kier molecular flexibility index (Phi) is 5.60. The summed E-state index contributed by atoms with van der Waals surface area (Å²) in [5.74, 6) is 0.779. The van der Waals surface area contributed by atoms with E-state index in [4.69, 9.17) is 17.0 Å². The quantitative estimate of drug-likeness (QED) is 0.576. The number of aryl methyl sites for hydroxylation is 2. The first kappa shape index (κ1) is 16.8. The van der Waals surface area contributed by atoms with Gasteiger partial charge in [0.15, 0.2) is 5.11 Å². The maximum Gasteiger partial charge on any atom is 0.189 e. The molecule has 0 aliphatic heterocycles. The largest absolute Gasteiger partial charge is 0.497 e. The van der Waals surface area contributed by atoms with Crippen LogP contribution in [0.4, 0.5) is 5.69 Å². The zero-order valence-electron chi connectivity index (χ0n) is 13.6. The Morgan fingerprint density at radius 1 is 1.09 bits per heavy atom. The van der Waals surface area contributed by atoms with Gasteiger partial charge in [0.2, 0.25) is 0 Å². The highest BCUT2D eigenvalue weighted by atomic mass is 32.1. The van der Waals surface area contributed by atoms with Gasteiger partial charge in [0.05, 0.1) is 12.8 Å². The molecule has 0 amide bonds. The molecular formula is C18H21N3OS. The highest BCUT2D eigenvalue weighted by Gasteiger charge is 2.03. The Morgan fingerprint density at radius 2 is 1.87 bits per heavy atom. The van der Waals surface area contributed by atoms with Crippen LogP contribution in [-0.2, 0) is 0 Å². The normalized spacial score (nSPS) is 9.87. The predicted octanol–water partition coefficient (Wildman–Crippen LogP) is 3.77. The molecule has 0 saturated heterocycles. The number of hydrazine groups is 1. The molecule has 0 unspecified atom stereocenters. The van der Waals surface area contributed by atoms with Crippen LogP contribution in [-0.4, -0.2) is 12.2 Å². The number of methoxy groups -OCH3 is 1. The summed E-state index contributed by atoms with van der Waals surface area (Å²) in [5, 5.41) is 3.63. The van der Waals surface area contributed by atoms with E-state index in [1.54, 1.807) is 7.11 Å². The number of anilines is 1. The average Bonchev–Trinajstić information content (AvgIpc) is 2.55. The number of rotatable bonds is 5. The van der Waals surface area contributed by atoms with Gasteiger partial charge in [0.1, 0.15) is 5.75 Å². The molecule has 4 nitrogen and oxygen atoms in total. The van der Waals surface area contributed by atoms with E-state index in [0.717, 1.165) is 22.6 Å². The van der Waals surface area contributed by atoms with Gasteiger partial charge in [-0.05, 0) is 49.8 Å². The first-order chi connectivity index (χ1) is 11.0. The highest BCUT2D eigenvalue weighted by molar-refractivity contribution is 7.80. The lowest BCUT2D eigenvalue weighted by Gasteiger charge is -2.16. The van der Waals surface area contributed by atoms with Gasteiger partial charge in [-0.2, -0.15) is 0 Å². The van der Waals surface area contributed by atoms with Gasteiger partial charge < -0.3 is 10.1 Å². The zero-order valence-corrected chi connectivity index (χ0v) is 14.4. The monoisotopic (exact) mass is 327 g/mol. The van der Waals surface area contributed by atoms with Crippen LogP contribution in [0.3, 0.4) is 0 Å². The van der Waals surface area contributed by atoms with Gasteiger partial charge in [-0.3, -0.25) is 10.9 Å². The summed E-state index contributed by atoms with van der Waals surface area (Å²) in [6.45, 7) is 8.10. The smallest absolute Gasteiger partial charge is 0.189 e. The third-order valence-electron chi connectivity index (χ3n) is 3.38. The summed E-state index contributed by atoms with van der Waals surface area (Å²) in [7, 11) is 1.64. The van der Waals surface area contributed by atoms with E-state index in [1.807, 2.05) is 43.3 Å². The SMILES string of the molecule is C=C(NNC(=S)Nc1ccc(C)cc1C)c1cccc(OC)c1. The summed E-state index contributed by atoms with van der Waals surface area (Å²) >= 11 is 5.29. The molecule has 0 aromatic heterocycles. The predicted molar refractivity (Wildman–Crippen MR) is 100 cm³/mol. The number of benzene rings is 2. The van der Waals surface area contributed by atoms with Crippen molar-refractivity contribution in [2.45, 2.75) is 13.8 Å². The maximum absolute atomic E-state index is 5.29. The van der Waals surface area contributed by atoms with Crippen LogP contribution in [0.2, 0.25) is 0 Å². The third kappa shape index (κ3) is 4.72. The lowest BCUT2D eigenvalue weighted by Crippen LogP contribution is -2.38. The Hall–Kier alpha value is -2.53. The van der Waals surface area contributed by atoms with Crippen molar-refractivity contribution in [1.29, 1.82) is 0 Å². The van der Waals surface area contributed by atoms with Crippen molar-refractivity contribution in [2.75, 3.05) is 12.4 Å². The molecule has 0 aliphatic rings. The Labute approximate surface area is 142 Å². The molecule has 2 aromatic rings. The van der Waals surface area contributed by atoms with Crippen LogP contribution < -0.4 is 20.9 Å². The van der Waals surface area contributed by atoms with Crippen molar-refractivity contribution >= 4 is 28.7 Å². The molecule has 0 fully saturated rings. The van der Waals surface area contributed by atoms with Crippen LogP contribution in [0.25, 0.3) is 5.70 Å². The fourth-order valence-electron chi connectivity index (χ4n) is 2.12. The molecule has 120 valence electrons. The second-order valence-corrected chi connectivity index (χ2v) is 5.64. The summed E-state index contributed by atoms with van der Waals surface area (Å²) < 4.78 is 5.20. The lowest BCUT2D eigenvalue weighted by atomic mass is 10.1. The van der Waals surface area contributed by atoms with E-state index < -0.39 is 0 Å². The number of nitrogens with one attached hydrogen (secondary N) is 3. The summed E-state index contributed by atoms with van der Waals surface area (Å²) in [5.41, 5.74) is 10.9. The number of ether oxygens (including phenoxy) is 1. The van der Waals surface area contributed by atoms with E-state index in [2.05, 4.69) is 35.7 Å². The topological polar surface area (TPSA) is 45.3 Å². The van der Waals surface area contributed by atoms with Crippen LogP contribution in [0.5, 0.6) is 5.75 Å². The van der Waals surface area contributed by atoms with Crippen LogP contribution in [0, 0.1) is 13.8 Å². The highest BCUT2D eigenvalue weighted by Crippen LogP contribution is 2.17. The summed E-state index contributed by atoms with van der Waals surface area (Å²) in [6.07, 6.45) is 0. The molecule has 2 rings (SSSR count). The van der Waals surface area contributed by atoms with E-state index in [0.29, 0.717) is 10.8 Å². The first-order valence-electron chi connectivity index (χ1n) is 7.23. The first-order valence-corrected chi connectivity index (χ1v) is 7.64. The van der Waals surface area contributed by atoms with Gasteiger partial charge in [0.25, 0.3) is 0 Å². The Morgan fingerprint density at radius 3 is 2.57 bits per heavy atom. The summed E-state index contributed by atoms with van der Waals surface area (Å²) in [4.78, 5) is 0. The van der Waals surface area contributed by atoms with E-state index >= 15 is 0 Å². The zero-order chi connectivity index (χ0) is 16.8. The molecule has 0 bridgehead atoms. The molecule has 0 spiro atoms. The van der Waals surface area contributed by atoms with Crippen molar-refractivity contribution in [1.82, 2.24) is 10.9 Å². The molecule has 5 heteroatoms. The minimum atomic E-state index is 0.473. The number of hydrogen-bond donors (Lipinski definition) is 3. The number of hydrogen-bond acceptors (Lipinski definition) is 3. The second-order valence-electron chi connectivity index (χ2n) is 5.23. The summed E-state index contributed by atoms with van der Waals surface area (Å²) in [6, 6.07) is 13.8. The van der Waals surface area contributed by atoms with Gasteiger partial charge in [-0.15, -0.1) is 0 Å². The molecule has 3 N–H and O–H groups in total. The minimum absolute atomic E-state index is 0.473. The van der Waals surface area contributed by atoms with Crippen molar-refractivity contribution in [3.8, 4) is 5.75 Å². The van der Waals surface area contributed by atoms with Crippen molar-refractivity contribution in [2.24, 2.45) is 0 Å². The van der Waals surface area contributed by atoms with Crippen LogP contribution in [0.15, 0.2) is 49.0 Å². The molecule has 0 atom stereocenters. The second kappa shape index (κ2) is 7.65. The molecule has 0 radical (unpaired) electrons. The van der Waals surface area contributed by atoms with Crippen molar-refractivity contribution < 1.29 is 4.74 Å². The van der Waals surface area contributed by atoms with Gasteiger partial charge in [-0.1, -0.05) is 36.4 Å². The van der Waals surface area contributed by atoms with Gasteiger partial charge in [0, 0.05) is 11.3 Å². The fourth-order valence-corrected chi connectivity index (χ4v) is 2.28. The van der Waals surface area contributed by atoms with Crippen LogP contribution in [0.1, 0.15) is 16.7 Å². The Balaban J connectivity index is 1.92. The third-order valence-corrected chi connectivity index (χ3v) is 3.58. The number of thiocarbonyl (C=S) groups is 1. The lowest BCUT2D eigenvalue weighted by molar-refractivity contribution is 0.414. The molecule has 0 saturated carbocycles. The van der Waals surface area contributed by atoms with Crippen molar-refractivity contribution in [3.05, 3.63) is 65.7 Å². The van der Waals surface area contributed by atoms with E-state index in [-0.39, 0.29) is 0 Å². The molecule has 2 aromatic carbocycles. The minimum Gasteiger partial charge on any atom is -0.497 e. The van der Waals surface area contributed by atoms with E-state index in [9.17, 15) is 0 Å². The molecule has 23 heavy (non-hydrogen) atoms. The standard InChI is InChI=1S/C18H21N3OS/c1-12-8-9-17(13(2)10-12)19-18(23)21-20-14(3)15-6-5-7-16(11-15)22-4/h5-11,20H,3H2,1-2,4H3,(H2,19,21,23). The fraction of sp³-hybridized carbons (Fsp3) is 0.167. The molecule has 0 heterocycles. The maximum atomic E-state index is 5.29. The molecule has 0 aliphatic carbocycles. The average molecular weight is 327 g/mol. The molecular weight excluding hydrogens is 306 g/mol. The van der Waals surface area contributed by atoms with Crippen LogP contribution >= 0.6 is 12.2 Å².